The quantitative estimate of drug-likeness (QED) is 0.851. The van der Waals surface area contributed by atoms with E-state index < -0.39 is 0 Å². The number of nitrogens with one attached hydrogen (secondary N) is 1. The van der Waals surface area contributed by atoms with Gasteiger partial charge in [-0.25, -0.2) is 0 Å². The zero-order valence-electron chi connectivity index (χ0n) is 12.4. The van der Waals surface area contributed by atoms with E-state index in [4.69, 9.17) is 4.42 Å². The molecule has 0 unspecified atom stereocenters. The van der Waals surface area contributed by atoms with Crippen LogP contribution < -0.4 is 5.32 Å². The highest BCUT2D eigenvalue weighted by molar-refractivity contribution is 5.04. The molecule has 1 saturated carbocycles. The number of hydrogen-bond acceptors (Lipinski definition) is 2. The second kappa shape index (κ2) is 4.73. The minimum atomic E-state index is 0.301. The standard InChI is InChI=1S/C16H27NO/c1-12(14-7-6-8-18-14)17-13-9-15(2,3)11-16(4,5)10-13/h6-8,12-13,17H,9-11H2,1-5H3/t12-/m1/s1. The van der Waals surface area contributed by atoms with Crippen LogP contribution in [0.5, 0.6) is 0 Å². The zero-order valence-corrected chi connectivity index (χ0v) is 12.4. The van der Waals surface area contributed by atoms with Crippen molar-refractivity contribution in [2.75, 3.05) is 0 Å². The topological polar surface area (TPSA) is 25.2 Å². The normalized spacial score (nSPS) is 24.9. The summed E-state index contributed by atoms with van der Waals surface area (Å²) >= 11 is 0. The molecule has 0 saturated heterocycles. The molecule has 1 aromatic rings. The van der Waals surface area contributed by atoms with Gasteiger partial charge in [-0.2, -0.15) is 0 Å². The van der Waals surface area contributed by atoms with Crippen LogP contribution in [0.25, 0.3) is 0 Å². The van der Waals surface area contributed by atoms with Gasteiger partial charge in [0.1, 0.15) is 5.76 Å². The van der Waals surface area contributed by atoms with Gasteiger partial charge < -0.3 is 9.73 Å². The Hall–Kier alpha value is -0.760. The molecule has 2 rings (SSSR count). The second-order valence-corrected chi connectivity index (χ2v) is 7.51. The lowest BCUT2D eigenvalue weighted by Crippen LogP contribution is -2.44. The van der Waals surface area contributed by atoms with Gasteiger partial charge in [-0.3, -0.25) is 0 Å². The average Bonchev–Trinajstić information content (AvgIpc) is 2.63. The fourth-order valence-corrected chi connectivity index (χ4v) is 3.94. The summed E-state index contributed by atoms with van der Waals surface area (Å²) in [6, 6.07) is 4.90. The van der Waals surface area contributed by atoms with E-state index in [0.29, 0.717) is 22.9 Å². The number of hydrogen-bond donors (Lipinski definition) is 1. The highest BCUT2D eigenvalue weighted by Gasteiger charge is 2.38. The molecule has 0 radical (unpaired) electrons. The van der Waals surface area contributed by atoms with Gasteiger partial charge in [-0.1, -0.05) is 27.7 Å². The summed E-state index contributed by atoms with van der Waals surface area (Å²) in [6.45, 7) is 11.7. The van der Waals surface area contributed by atoms with E-state index in [1.807, 2.05) is 6.07 Å². The molecule has 1 N–H and O–H groups in total. The fourth-order valence-electron chi connectivity index (χ4n) is 3.94. The van der Waals surface area contributed by atoms with Crippen molar-refractivity contribution in [2.24, 2.45) is 10.8 Å². The Morgan fingerprint density at radius 3 is 2.33 bits per heavy atom. The van der Waals surface area contributed by atoms with Crippen LogP contribution in [0, 0.1) is 10.8 Å². The first-order chi connectivity index (χ1) is 8.27. The predicted molar refractivity (Wildman–Crippen MR) is 75.5 cm³/mol. The van der Waals surface area contributed by atoms with Crippen molar-refractivity contribution in [2.45, 2.75) is 66.0 Å². The lowest BCUT2D eigenvalue weighted by atomic mass is 9.63. The summed E-state index contributed by atoms with van der Waals surface area (Å²) in [6.07, 6.45) is 5.57. The van der Waals surface area contributed by atoms with Crippen molar-refractivity contribution in [1.82, 2.24) is 5.32 Å². The third-order valence-corrected chi connectivity index (χ3v) is 4.01. The maximum absolute atomic E-state index is 5.48. The molecular weight excluding hydrogens is 222 g/mol. The first kappa shape index (κ1) is 13.7. The van der Waals surface area contributed by atoms with Gasteiger partial charge in [0.2, 0.25) is 0 Å². The Labute approximate surface area is 111 Å². The molecule has 0 amide bonds. The molecule has 1 fully saturated rings. The zero-order chi connectivity index (χ0) is 13.4. The third-order valence-electron chi connectivity index (χ3n) is 4.01. The molecule has 0 aliphatic heterocycles. The highest BCUT2D eigenvalue weighted by atomic mass is 16.3. The van der Waals surface area contributed by atoms with Crippen LogP contribution in [0.3, 0.4) is 0 Å². The van der Waals surface area contributed by atoms with Crippen LogP contribution in [0.1, 0.15) is 65.7 Å². The van der Waals surface area contributed by atoms with Gasteiger partial charge in [-0.05, 0) is 49.1 Å². The lowest BCUT2D eigenvalue weighted by Gasteiger charge is -2.45. The van der Waals surface area contributed by atoms with Crippen LogP contribution in [0.15, 0.2) is 22.8 Å². The van der Waals surface area contributed by atoms with E-state index in [0.717, 1.165) is 5.76 Å². The van der Waals surface area contributed by atoms with E-state index in [1.165, 1.54) is 19.3 Å². The smallest absolute Gasteiger partial charge is 0.120 e. The summed E-state index contributed by atoms with van der Waals surface area (Å²) in [5.41, 5.74) is 0.866. The van der Waals surface area contributed by atoms with Crippen molar-refractivity contribution in [1.29, 1.82) is 0 Å². The summed E-state index contributed by atoms with van der Waals surface area (Å²) in [7, 11) is 0. The maximum atomic E-state index is 5.48. The van der Waals surface area contributed by atoms with Crippen LogP contribution in [0.4, 0.5) is 0 Å². The Balaban J connectivity index is 2.01. The van der Waals surface area contributed by atoms with Gasteiger partial charge in [0.25, 0.3) is 0 Å². The fraction of sp³-hybridized carbons (Fsp3) is 0.750. The molecule has 1 atom stereocenters. The molecular formula is C16H27NO. The van der Waals surface area contributed by atoms with E-state index >= 15 is 0 Å². The average molecular weight is 249 g/mol. The van der Waals surface area contributed by atoms with Gasteiger partial charge in [-0.15, -0.1) is 0 Å². The molecule has 0 aromatic carbocycles. The molecule has 0 bridgehead atoms. The summed E-state index contributed by atoms with van der Waals surface area (Å²) < 4.78 is 5.48. The molecule has 1 aliphatic rings. The van der Waals surface area contributed by atoms with Gasteiger partial charge in [0, 0.05) is 6.04 Å². The van der Waals surface area contributed by atoms with Crippen LogP contribution in [-0.2, 0) is 0 Å². The van der Waals surface area contributed by atoms with Crippen molar-refractivity contribution < 1.29 is 4.42 Å². The summed E-state index contributed by atoms with van der Waals surface area (Å²) in [5.74, 6) is 1.04. The minimum Gasteiger partial charge on any atom is -0.468 e. The van der Waals surface area contributed by atoms with Crippen molar-refractivity contribution in [3.8, 4) is 0 Å². The summed E-state index contributed by atoms with van der Waals surface area (Å²) in [5, 5.41) is 3.74. The molecule has 1 heterocycles. The lowest BCUT2D eigenvalue weighted by molar-refractivity contribution is 0.0799. The van der Waals surface area contributed by atoms with E-state index in [2.05, 4.69) is 46.0 Å². The number of rotatable bonds is 3. The van der Waals surface area contributed by atoms with Crippen molar-refractivity contribution in [3.05, 3.63) is 24.2 Å². The molecule has 102 valence electrons. The highest BCUT2D eigenvalue weighted by Crippen LogP contribution is 2.46. The number of furan rings is 1. The first-order valence-corrected chi connectivity index (χ1v) is 7.07. The SMILES string of the molecule is C[C@@H](NC1CC(C)(C)CC(C)(C)C1)c1ccco1. The van der Waals surface area contributed by atoms with Gasteiger partial charge in [0.15, 0.2) is 0 Å². The maximum Gasteiger partial charge on any atom is 0.120 e. The van der Waals surface area contributed by atoms with Crippen LogP contribution in [0.2, 0.25) is 0 Å². The first-order valence-electron chi connectivity index (χ1n) is 7.07. The summed E-state index contributed by atoms with van der Waals surface area (Å²) in [4.78, 5) is 0. The van der Waals surface area contributed by atoms with Crippen molar-refractivity contribution in [3.63, 3.8) is 0 Å². The monoisotopic (exact) mass is 249 g/mol. The van der Waals surface area contributed by atoms with Crippen molar-refractivity contribution >= 4 is 0 Å². The minimum absolute atomic E-state index is 0.301. The molecule has 2 heteroatoms. The largest absolute Gasteiger partial charge is 0.468 e. The van der Waals surface area contributed by atoms with Gasteiger partial charge in [0.05, 0.1) is 12.3 Å². The third kappa shape index (κ3) is 3.38. The van der Waals surface area contributed by atoms with Crippen LogP contribution >= 0.6 is 0 Å². The predicted octanol–water partition coefficient (Wildman–Crippen LogP) is 4.54. The van der Waals surface area contributed by atoms with E-state index in [-0.39, 0.29) is 0 Å². The Morgan fingerprint density at radius 1 is 1.22 bits per heavy atom. The van der Waals surface area contributed by atoms with Crippen LogP contribution in [-0.4, -0.2) is 6.04 Å². The molecule has 1 aliphatic carbocycles. The van der Waals surface area contributed by atoms with E-state index in [9.17, 15) is 0 Å². The Morgan fingerprint density at radius 2 is 1.83 bits per heavy atom. The molecule has 0 spiro atoms. The molecule has 18 heavy (non-hydrogen) atoms. The molecule has 2 nitrogen and oxygen atoms in total. The van der Waals surface area contributed by atoms with Gasteiger partial charge >= 0.3 is 0 Å². The van der Waals surface area contributed by atoms with E-state index in [1.54, 1.807) is 6.26 Å². The Bertz CT molecular complexity index is 362. The second-order valence-electron chi connectivity index (χ2n) is 7.51. The Kier molecular flexibility index (Phi) is 3.59. The molecule has 1 aromatic heterocycles.